The molecule has 0 bridgehead atoms. The standard InChI is InChI=1S/C25H32N4O6/c1-15-9-6-7-12-18(15)27-22(32)21(16-10-8-11-17(30)13-16)29(5)23(33)19(14-20(26)31)28-24(34)35-25(2,3)4/h6-13,19,21,30H,14H2,1-5H3,(H2,26,31)(H,27,32)(H,28,34). The molecule has 188 valence electrons. The Bertz CT molecular complexity index is 1100. The molecule has 10 heteroatoms. The maximum Gasteiger partial charge on any atom is 0.408 e. The van der Waals surface area contributed by atoms with Crippen LogP contribution in [-0.2, 0) is 19.1 Å². The highest BCUT2D eigenvalue weighted by Gasteiger charge is 2.35. The minimum absolute atomic E-state index is 0.0994. The summed E-state index contributed by atoms with van der Waals surface area (Å²) in [6.07, 6.45) is -1.42. The molecule has 4 amide bonds. The van der Waals surface area contributed by atoms with Gasteiger partial charge in [0.2, 0.25) is 11.8 Å². The molecule has 0 aromatic heterocycles. The van der Waals surface area contributed by atoms with Gasteiger partial charge in [0.1, 0.15) is 23.4 Å². The molecule has 2 unspecified atom stereocenters. The van der Waals surface area contributed by atoms with Crippen molar-refractivity contribution in [1.82, 2.24) is 10.2 Å². The maximum absolute atomic E-state index is 13.4. The lowest BCUT2D eigenvalue weighted by atomic mass is 10.0. The average molecular weight is 485 g/mol. The number of alkyl carbamates (subject to hydrolysis) is 1. The summed E-state index contributed by atoms with van der Waals surface area (Å²) in [6.45, 7) is 6.77. The minimum atomic E-state index is -1.38. The third-order valence-corrected chi connectivity index (χ3v) is 4.97. The number of phenols is 1. The van der Waals surface area contributed by atoms with Gasteiger partial charge < -0.3 is 31.1 Å². The molecule has 2 aromatic rings. The largest absolute Gasteiger partial charge is 0.508 e. The summed E-state index contributed by atoms with van der Waals surface area (Å²) >= 11 is 0. The van der Waals surface area contributed by atoms with Crippen molar-refractivity contribution in [2.45, 2.75) is 51.8 Å². The number of hydrogen-bond donors (Lipinski definition) is 4. The molecule has 5 N–H and O–H groups in total. The first-order valence-corrected chi connectivity index (χ1v) is 11.0. The van der Waals surface area contributed by atoms with Crippen LogP contribution in [0, 0.1) is 6.92 Å². The Morgan fingerprint density at radius 2 is 1.74 bits per heavy atom. The topological polar surface area (TPSA) is 151 Å². The minimum Gasteiger partial charge on any atom is -0.508 e. The lowest BCUT2D eigenvalue weighted by molar-refractivity contribution is -0.140. The highest BCUT2D eigenvalue weighted by Crippen LogP contribution is 2.26. The number of likely N-dealkylation sites (N-methyl/N-ethyl adjacent to an activating group) is 1. The number of amides is 4. The number of ether oxygens (including phenoxy) is 1. The maximum atomic E-state index is 13.4. The van der Waals surface area contributed by atoms with Gasteiger partial charge >= 0.3 is 6.09 Å². The molecule has 2 rings (SSSR count). The summed E-state index contributed by atoms with van der Waals surface area (Å²) in [5, 5.41) is 15.1. The number of carbonyl (C=O) groups excluding carboxylic acids is 4. The molecule has 0 saturated carbocycles. The Morgan fingerprint density at radius 3 is 2.31 bits per heavy atom. The van der Waals surface area contributed by atoms with Gasteiger partial charge in [-0.05, 0) is 57.0 Å². The number of benzene rings is 2. The van der Waals surface area contributed by atoms with Crippen LogP contribution in [0.25, 0.3) is 0 Å². The first kappa shape index (κ1) is 27.2. The quantitative estimate of drug-likeness (QED) is 0.452. The van der Waals surface area contributed by atoms with Crippen molar-refractivity contribution < 1.29 is 29.0 Å². The van der Waals surface area contributed by atoms with Gasteiger partial charge in [-0.1, -0.05) is 30.3 Å². The number of nitrogens with zero attached hydrogens (tertiary/aromatic N) is 1. The van der Waals surface area contributed by atoms with Crippen LogP contribution in [0.3, 0.4) is 0 Å². The van der Waals surface area contributed by atoms with E-state index in [4.69, 9.17) is 10.5 Å². The van der Waals surface area contributed by atoms with Gasteiger partial charge in [-0.3, -0.25) is 14.4 Å². The molecule has 0 fully saturated rings. The second kappa shape index (κ2) is 11.4. The fraction of sp³-hybridized carbons (Fsp3) is 0.360. The number of primary amides is 1. The van der Waals surface area contributed by atoms with E-state index in [1.807, 2.05) is 19.1 Å². The third-order valence-electron chi connectivity index (χ3n) is 4.97. The predicted molar refractivity (Wildman–Crippen MR) is 130 cm³/mol. The van der Waals surface area contributed by atoms with E-state index in [1.165, 1.54) is 25.2 Å². The van der Waals surface area contributed by atoms with Crippen LogP contribution in [0.5, 0.6) is 5.75 Å². The second-order valence-electron chi connectivity index (χ2n) is 9.12. The third kappa shape index (κ3) is 8.02. The van der Waals surface area contributed by atoms with E-state index in [9.17, 15) is 24.3 Å². The zero-order valence-electron chi connectivity index (χ0n) is 20.5. The summed E-state index contributed by atoms with van der Waals surface area (Å²) in [5.41, 5.74) is 6.14. The summed E-state index contributed by atoms with van der Waals surface area (Å²) < 4.78 is 5.19. The van der Waals surface area contributed by atoms with Crippen LogP contribution in [0.4, 0.5) is 10.5 Å². The average Bonchev–Trinajstić information content (AvgIpc) is 2.73. The molecule has 35 heavy (non-hydrogen) atoms. The van der Waals surface area contributed by atoms with E-state index in [-0.39, 0.29) is 5.75 Å². The van der Waals surface area contributed by atoms with E-state index >= 15 is 0 Å². The van der Waals surface area contributed by atoms with Crippen LogP contribution < -0.4 is 16.4 Å². The van der Waals surface area contributed by atoms with Crippen LogP contribution in [-0.4, -0.2) is 52.5 Å². The van der Waals surface area contributed by atoms with Crippen molar-refractivity contribution in [2.24, 2.45) is 5.73 Å². The highest BCUT2D eigenvalue weighted by molar-refractivity contribution is 6.00. The van der Waals surface area contributed by atoms with Gasteiger partial charge in [-0.15, -0.1) is 0 Å². The zero-order chi connectivity index (χ0) is 26.3. The first-order valence-electron chi connectivity index (χ1n) is 11.0. The number of phenolic OH excluding ortho intramolecular Hbond substituents is 1. The van der Waals surface area contributed by atoms with E-state index in [0.717, 1.165) is 10.5 Å². The number of para-hydroxylation sites is 1. The van der Waals surface area contributed by atoms with Crippen molar-refractivity contribution in [3.63, 3.8) is 0 Å². The van der Waals surface area contributed by atoms with Crippen LogP contribution in [0.2, 0.25) is 0 Å². The van der Waals surface area contributed by atoms with Crippen molar-refractivity contribution >= 4 is 29.5 Å². The molecule has 2 atom stereocenters. The Kier molecular flexibility index (Phi) is 8.82. The van der Waals surface area contributed by atoms with E-state index in [0.29, 0.717) is 11.3 Å². The fourth-order valence-electron chi connectivity index (χ4n) is 3.38. The number of rotatable bonds is 8. The highest BCUT2D eigenvalue weighted by atomic mass is 16.6. The summed E-state index contributed by atoms with van der Waals surface area (Å²) in [7, 11) is 1.36. The molecule has 0 saturated heterocycles. The van der Waals surface area contributed by atoms with Gasteiger partial charge in [0.05, 0.1) is 6.42 Å². The normalized spacial score (nSPS) is 12.7. The summed E-state index contributed by atoms with van der Waals surface area (Å²) in [6, 6.07) is 10.4. The van der Waals surface area contributed by atoms with E-state index in [2.05, 4.69) is 10.6 Å². The number of nitrogens with one attached hydrogen (secondary N) is 2. The predicted octanol–water partition coefficient (Wildman–Crippen LogP) is 2.61. The van der Waals surface area contributed by atoms with Crippen molar-refractivity contribution in [2.75, 3.05) is 12.4 Å². The van der Waals surface area contributed by atoms with Gasteiger partial charge in [-0.25, -0.2) is 4.79 Å². The molecule has 0 aliphatic heterocycles. The first-order chi connectivity index (χ1) is 16.3. The molecule has 0 aliphatic carbocycles. The molecule has 2 aromatic carbocycles. The summed E-state index contributed by atoms with van der Waals surface area (Å²) in [5.74, 6) is -2.23. The molecule has 0 radical (unpaired) electrons. The van der Waals surface area contributed by atoms with Gasteiger partial charge in [0.25, 0.3) is 5.91 Å². The molecular formula is C25H32N4O6. The van der Waals surface area contributed by atoms with Gasteiger partial charge in [0, 0.05) is 12.7 Å². The lowest BCUT2D eigenvalue weighted by Gasteiger charge is -2.31. The van der Waals surface area contributed by atoms with Crippen molar-refractivity contribution in [1.29, 1.82) is 0 Å². The number of aromatic hydroxyl groups is 1. The Morgan fingerprint density at radius 1 is 1.09 bits per heavy atom. The monoisotopic (exact) mass is 484 g/mol. The van der Waals surface area contributed by atoms with Crippen molar-refractivity contribution in [3.05, 3.63) is 59.7 Å². The number of anilines is 1. The second-order valence-corrected chi connectivity index (χ2v) is 9.12. The fourth-order valence-corrected chi connectivity index (χ4v) is 3.38. The lowest BCUT2D eigenvalue weighted by Crippen LogP contribution is -2.52. The molecular weight excluding hydrogens is 452 g/mol. The molecule has 10 nitrogen and oxygen atoms in total. The Hall–Kier alpha value is -4.08. The molecule has 0 heterocycles. The number of hydrogen-bond acceptors (Lipinski definition) is 6. The van der Waals surface area contributed by atoms with Crippen molar-refractivity contribution in [3.8, 4) is 5.75 Å². The number of aryl methyl sites for hydroxylation is 1. The van der Waals surface area contributed by atoms with E-state index < -0.39 is 47.9 Å². The summed E-state index contributed by atoms with van der Waals surface area (Å²) in [4.78, 5) is 51.8. The van der Waals surface area contributed by atoms with E-state index in [1.54, 1.807) is 39.0 Å². The van der Waals surface area contributed by atoms with Gasteiger partial charge in [-0.2, -0.15) is 0 Å². The SMILES string of the molecule is Cc1ccccc1NC(=O)C(c1cccc(O)c1)N(C)C(=O)C(CC(N)=O)NC(=O)OC(C)(C)C. The van der Waals surface area contributed by atoms with Crippen LogP contribution >= 0.6 is 0 Å². The smallest absolute Gasteiger partial charge is 0.408 e. The molecule has 0 spiro atoms. The van der Waals surface area contributed by atoms with Crippen LogP contribution in [0.1, 0.15) is 44.4 Å². The van der Waals surface area contributed by atoms with Crippen LogP contribution in [0.15, 0.2) is 48.5 Å². The van der Waals surface area contributed by atoms with Gasteiger partial charge in [0.15, 0.2) is 0 Å². The number of carbonyl (C=O) groups is 4. The number of nitrogens with two attached hydrogens (primary N) is 1. The Balaban J connectivity index is 2.40. The zero-order valence-corrected chi connectivity index (χ0v) is 20.5. The Labute approximate surface area is 204 Å². The molecule has 0 aliphatic rings.